The first-order valence-electron chi connectivity index (χ1n) is 3.64. The molecular formula is C10H8KNO2. The number of hydrogen-bond acceptors (Lipinski definition) is 2. The van der Waals surface area contributed by atoms with Crippen molar-refractivity contribution in [3.8, 4) is 6.07 Å². The molecule has 0 bridgehead atoms. The third-order valence-corrected chi connectivity index (χ3v) is 1.47. The molecule has 1 aromatic rings. The minimum absolute atomic E-state index is 0. The molecule has 0 aliphatic carbocycles. The summed E-state index contributed by atoms with van der Waals surface area (Å²) >= 11 is 0. The van der Waals surface area contributed by atoms with Crippen LogP contribution in [-0.2, 0) is 4.79 Å². The van der Waals surface area contributed by atoms with Gasteiger partial charge in [-0.15, -0.1) is 0 Å². The van der Waals surface area contributed by atoms with Crippen molar-refractivity contribution >= 4 is 62.9 Å². The quantitative estimate of drug-likeness (QED) is 0.453. The van der Waals surface area contributed by atoms with Crippen molar-refractivity contribution < 1.29 is 9.90 Å². The molecule has 0 spiro atoms. The SMILES string of the molecule is N#CC(=CC(=O)O)c1ccccc1.[KH]. The number of benzene rings is 1. The third kappa shape index (κ3) is 4.18. The molecule has 66 valence electrons. The van der Waals surface area contributed by atoms with Gasteiger partial charge in [-0.05, 0) is 5.56 Å². The fourth-order valence-electron chi connectivity index (χ4n) is 0.921. The molecule has 1 aromatic carbocycles. The van der Waals surface area contributed by atoms with Crippen molar-refractivity contribution in [1.82, 2.24) is 0 Å². The molecule has 0 aromatic heterocycles. The summed E-state index contributed by atoms with van der Waals surface area (Å²) in [7, 11) is 0. The van der Waals surface area contributed by atoms with Gasteiger partial charge in [0.05, 0.1) is 5.57 Å². The molecule has 0 aliphatic heterocycles. The van der Waals surface area contributed by atoms with E-state index >= 15 is 0 Å². The van der Waals surface area contributed by atoms with Crippen molar-refractivity contribution in [2.75, 3.05) is 0 Å². The monoisotopic (exact) mass is 213 g/mol. The van der Waals surface area contributed by atoms with Gasteiger partial charge in [0.1, 0.15) is 6.07 Å². The Labute approximate surface area is 124 Å². The molecule has 1 N–H and O–H groups in total. The Balaban J connectivity index is 0.00000169. The van der Waals surface area contributed by atoms with Crippen LogP contribution in [-0.4, -0.2) is 62.5 Å². The second-order valence-corrected chi connectivity index (χ2v) is 2.37. The van der Waals surface area contributed by atoms with E-state index in [2.05, 4.69) is 0 Å². The second kappa shape index (κ2) is 6.93. The average Bonchev–Trinajstić information content (AvgIpc) is 2.15. The van der Waals surface area contributed by atoms with Crippen molar-refractivity contribution in [3.63, 3.8) is 0 Å². The van der Waals surface area contributed by atoms with E-state index in [0.717, 1.165) is 6.08 Å². The summed E-state index contributed by atoms with van der Waals surface area (Å²) in [6, 6.07) is 10.5. The van der Waals surface area contributed by atoms with Crippen molar-refractivity contribution in [3.05, 3.63) is 42.0 Å². The first kappa shape index (κ1) is 13.6. The van der Waals surface area contributed by atoms with E-state index in [1.807, 2.05) is 6.07 Å². The fourth-order valence-corrected chi connectivity index (χ4v) is 0.921. The van der Waals surface area contributed by atoms with Gasteiger partial charge in [-0.3, -0.25) is 0 Å². The van der Waals surface area contributed by atoms with Crippen LogP contribution in [0.1, 0.15) is 5.56 Å². The molecule has 0 saturated heterocycles. The first-order valence-corrected chi connectivity index (χ1v) is 3.64. The van der Waals surface area contributed by atoms with E-state index < -0.39 is 5.97 Å². The van der Waals surface area contributed by atoms with Crippen molar-refractivity contribution in [2.45, 2.75) is 0 Å². The van der Waals surface area contributed by atoms with Crippen LogP contribution in [0.25, 0.3) is 5.57 Å². The number of allylic oxidation sites excluding steroid dienone is 1. The Bertz CT molecular complexity index is 379. The van der Waals surface area contributed by atoms with Crippen LogP contribution in [0.5, 0.6) is 0 Å². The number of carboxylic acids is 1. The maximum atomic E-state index is 10.3. The minimum atomic E-state index is -1.11. The number of carboxylic acid groups (broad SMARTS) is 1. The van der Waals surface area contributed by atoms with Gasteiger partial charge in [-0.2, -0.15) is 5.26 Å². The van der Waals surface area contributed by atoms with Crippen LogP contribution < -0.4 is 0 Å². The molecule has 0 aliphatic rings. The van der Waals surface area contributed by atoms with E-state index in [-0.39, 0.29) is 57.0 Å². The Morgan fingerprint density at radius 1 is 1.36 bits per heavy atom. The Morgan fingerprint density at radius 2 is 1.93 bits per heavy atom. The third-order valence-electron chi connectivity index (χ3n) is 1.47. The Kier molecular flexibility index (Phi) is 6.71. The standard InChI is InChI=1S/C10H7NO2.K.H/c11-7-9(6-10(12)13)8-4-2-1-3-5-8;;/h1-6H,(H,12,13);;. The predicted molar refractivity (Wildman–Crippen MR) is 54.8 cm³/mol. The second-order valence-electron chi connectivity index (χ2n) is 2.37. The van der Waals surface area contributed by atoms with E-state index in [1.54, 1.807) is 30.3 Å². The molecule has 4 heteroatoms. The Morgan fingerprint density at radius 3 is 2.36 bits per heavy atom. The van der Waals surface area contributed by atoms with Gasteiger partial charge in [0.15, 0.2) is 0 Å². The first-order chi connectivity index (χ1) is 6.24. The molecule has 0 amide bonds. The zero-order valence-corrected chi connectivity index (χ0v) is 6.77. The van der Waals surface area contributed by atoms with Crippen LogP contribution >= 0.6 is 0 Å². The molecule has 0 fully saturated rings. The molecular weight excluding hydrogens is 205 g/mol. The summed E-state index contributed by atoms with van der Waals surface area (Å²) in [6.07, 6.45) is 0.898. The summed E-state index contributed by atoms with van der Waals surface area (Å²) in [5.74, 6) is -1.11. The van der Waals surface area contributed by atoms with Gasteiger partial charge < -0.3 is 5.11 Å². The number of hydrogen-bond donors (Lipinski definition) is 1. The molecule has 14 heavy (non-hydrogen) atoms. The summed E-state index contributed by atoms with van der Waals surface area (Å²) in [6.45, 7) is 0. The van der Waals surface area contributed by atoms with Crippen molar-refractivity contribution in [1.29, 1.82) is 5.26 Å². The molecule has 3 nitrogen and oxygen atoms in total. The average molecular weight is 213 g/mol. The topological polar surface area (TPSA) is 61.1 Å². The van der Waals surface area contributed by atoms with Gasteiger partial charge in [-0.25, -0.2) is 4.79 Å². The number of nitrogens with zero attached hydrogens (tertiary/aromatic N) is 1. The summed E-state index contributed by atoms with van der Waals surface area (Å²) < 4.78 is 0. The van der Waals surface area contributed by atoms with E-state index in [1.165, 1.54) is 0 Å². The number of nitriles is 1. The number of carbonyl (C=O) groups is 1. The van der Waals surface area contributed by atoms with E-state index in [9.17, 15) is 4.79 Å². The number of rotatable bonds is 2. The zero-order chi connectivity index (χ0) is 9.68. The van der Waals surface area contributed by atoms with E-state index in [0.29, 0.717) is 5.56 Å². The fraction of sp³-hybridized carbons (Fsp3) is 0. The van der Waals surface area contributed by atoms with Crippen molar-refractivity contribution in [2.24, 2.45) is 0 Å². The van der Waals surface area contributed by atoms with Crippen LogP contribution in [0.4, 0.5) is 0 Å². The summed E-state index contributed by atoms with van der Waals surface area (Å²) in [5.41, 5.74) is 0.778. The molecule has 0 unspecified atom stereocenters. The van der Waals surface area contributed by atoms with Crippen LogP contribution in [0.2, 0.25) is 0 Å². The van der Waals surface area contributed by atoms with Crippen LogP contribution in [0.3, 0.4) is 0 Å². The van der Waals surface area contributed by atoms with Gasteiger partial charge in [0.2, 0.25) is 0 Å². The number of aliphatic carboxylic acids is 1. The van der Waals surface area contributed by atoms with Gasteiger partial charge in [0.25, 0.3) is 0 Å². The normalized spacial score (nSPS) is 9.79. The maximum absolute atomic E-state index is 10.3. The van der Waals surface area contributed by atoms with Crippen LogP contribution in [0, 0.1) is 11.3 Å². The summed E-state index contributed by atoms with van der Waals surface area (Å²) in [4.78, 5) is 10.3. The van der Waals surface area contributed by atoms with Gasteiger partial charge in [-0.1, -0.05) is 30.3 Å². The predicted octanol–water partition coefficient (Wildman–Crippen LogP) is 1.03. The summed E-state index contributed by atoms with van der Waals surface area (Å²) in [5, 5.41) is 17.1. The van der Waals surface area contributed by atoms with Gasteiger partial charge in [0, 0.05) is 6.08 Å². The van der Waals surface area contributed by atoms with Crippen LogP contribution in [0.15, 0.2) is 36.4 Å². The molecule has 1 rings (SSSR count). The molecule has 0 saturated carbocycles. The molecule has 0 radical (unpaired) electrons. The van der Waals surface area contributed by atoms with Gasteiger partial charge >= 0.3 is 57.4 Å². The zero-order valence-electron chi connectivity index (χ0n) is 6.77. The molecule has 0 heterocycles. The Hall–Kier alpha value is -0.444. The molecule has 0 atom stereocenters. The van der Waals surface area contributed by atoms with E-state index in [4.69, 9.17) is 10.4 Å².